The molecule has 0 aromatic heterocycles. The first kappa shape index (κ1) is 5.89. The third-order valence-corrected chi connectivity index (χ3v) is 0.575. The molecule has 6 heavy (non-hydrogen) atoms. The van der Waals surface area contributed by atoms with E-state index in [-0.39, 0.29) is 12.5 Å². The topological polar surface area (TPSA) is 20.2 Å². The van der Waals surface area contributed by atoms with Crippen LogP contribution in [0.5, 0.6) is 0 Å². The number of alkyl halides is 1. The van der Waals surface area contributed by atoms with Gasteiger partial charge in [-0.25, -0.2) is 0 Å². The van der Waals surface area contributed by atoms with Gasteiger partial charge in [0.15, 0.2) is 0 Å². The van der Waals surface area contributed by atoms with Crippen LogP contribution in [0.2, 0.25) is 0 Å². The monoisotopic (exact) mass is 92.1 g/mol. The van der Waals surface area contributed by atoms with E-state index in [0.717, 1.165) is 0 Å². The fourth-order valence-electron chi connectivity index (χ4n) is 0.0488. The predicted molar refractivity (Wildman–Crippen MR) is 22.2 cm³/mol. The van der Waals surface area contributed by atoms with Crippen LogP contribution in [0.1, 0.15) is 6.92 Å². The number of halogens is 1. The quantitative estimate of drug-likeness (QED) is 0.528. The van der Waals surface area contributed by atoms with E-state index in [0.29, 0.717) is 0 Å². The zero-order valence-corrected chi connectivity index (χ0v) is 3.82. The van der Waals surface area contributed by atoms with Crippen molar-refractivity contribution in [3.8, 4) is 0 Å². The molecule has 0 spiro atoms. The highest BCUT2D eigenvalue weighted by Gasteiger charge is 1.93. The largest absolute Gasteiger partial charge is 0.396 e. The van der Waals surface area contributed by atoms with Gasteiger partial charge in [0.2, 0.25) is 0 Å². The Bertz CT molecular complexity index is 26.7. The molecule has 0 fully saturated rings. The molecule has 0 aliphatic heterocycles. The molecule has 0 radical (unpaired) electrons. The highest BCUT2D eigenvalue weighted by molar-refractivity contribution is 4.42. The van der Waals surface area contributed by atoms with Gasteiger partial charge in [0.05, 0.1) is 6.67 Å². The summed E-state index contributed by atoms with van der Waals surface area (Å²) in [5.74, 6) is -0.176. The van der Waals surface area contributed by atoms with Crippen molar-refractivity contribution in [2.75, 3.05) is 13.3 Å². The fourth-order valence-corrected chi connectivity index (χ4v) is 0.0488. The zero-order chi connectivity index (χ0) is 4.99. The number of aliphatic hydroxyl groups excluding tert-OH is 1. The van der Waals surface area contributed by atoms with E-state index in [1.807, 2.05) is 0 Å². The molecular formula is C4H9FO. The molecule has 0 aromatic carbocycles. The zero-order valence-electron chi connectivity index (χ0n) is 3.82. The molecule has 0 bridgehead atoms. The Morgan fingerprint density at radius 1 is 1.83 bits per heavy atom. The smallest absolute Gasteiger partial charge is 0.0941 e. The van der Waals surface area contributed by atoms with Crippen molar-refractivity contribution in [2.24, 2.45) is 5.92 Å². The summed E-state index contributed by atoms with van der Waals surface area (Å²) in [6, 6.07) is 0. The lowest BCUT2D eigenvalue weighted by Gasteiger charge is -1.95. The maximum atomic E-state index is 11.2. The molecule has 1 nitrogen and oxygen atoms in total. The van der Waals surface area contributed by atoms with Gasteiger partial charge in [-0.1, -0.05) is 6.92 Å². The third-order valence-electron chi connectivity index (χ3n) is 0.575. The first-order valence-electron chi connectivity index (χ1n) is 1.98. The van der Waals surface area contributed by atoms with Crippen molar-refractivity contribution < 1.29 is 9.50 Å². The Morgan fingerprint density at radius 2 is 2.33 bits per heavy atom. The van der Waals surface area contributed by atoms with Gasteiger partial charge in [-0.2, -0.15) is 0 Å². The summed E-state index contributed by atoms with van der Waals surface area (Å²) >= 11 is 0. The Kier molecular flexibility index (Phi) is 3.04. The van der Waals surface area contributed by atoms with Crippen LogP contribution in [-0.4, -0.2) is 18.4 Å². The van der Waals surface area contributed by atoms with Crippen LogP contribution in [0.25, 0.3) is 0 Å². The van der Waals surface area contributed by atoms with Crippen LogP contribution >= 0.6 is 0 Å². The molecule has 0 amide bonds. The Morgan fingerprint density at radius 3 is 2.33 bits per heavy atom. The molecule has 0 aliphatic carbocycles. The Balaban J connectivity index is 2.75. The number of aliphatic hydroxyl groups is 1. The maximum absolute atomic E-state index is 11.2. The van der Waals surface area contributed by atoms with Crippen molar-refractivity contribution in [3.05, 3.63) is 0 Å². The van der Waals surface area contributed by atoms with E-state index in [2.05, 4.69) is 0 Å². The lowest BCUT2D eigenvalue weighted by molar-refractivity contribution is 0.210. The van der Waals surface area contributed by atoms with Crippen LogP contribution in [0, 0.1) is 5.92 Å². The summed E-state index contributed by atoms with van der Waals surface area (Å²) in [5.41, 5.74) is 0. The molecule has 0 saturated carbocycles. The molecule has 2 heteroatoms. The van der Waals surface area contributed by atoms with Gasteiger partial charge >= 0.3 is 0 Å². The Labute approximate surface area is 36.8 Å². The number of hydrogen-bond acceptors (Lipinski definition) is 1. The molecule has 0 rings (SSSR count). The minimum atomic E-state index is -0.420. The van der Waals surface area contributed by atoms with Crippen LogP contribution in [-0.2, 0) is 0 Å². The highest BCUT2D eigenvalue weighted by Crippen LogP contribution is 1.89. The van der Waals surface area contributed by atoms with Gasteiger partial charge in [0, 0.05) is 12.5 Å². The first-order valence-corrected chi connectivity index (χ1v) is 1.98. The molecule has 0 unspecified atom stereocenters. The SMILES string of the molecule is C[C@H](CO)CF. The molecule has 0 heterocycles. The summed E-state index contributed by atoms with van der Waals surface area (Å²) in [4.78, 5) is 0. The van der Waals surface area contributed by atoms with E-state index < -0.39 is 6.67 Å². The third kappa shape index (κ3) is 2.15. The van der Waals surface area contributed by atoms with Gasteiger partial charge in [-0.3, -0.25) is 4.39 Å². The van der Waals surface area contributed by atoms with Gasteiger partial charge < -0.3 is 5.11 Å². The lowest BCUT2D eigenvalue weighted by Crippen LogP contribution is -2.00. The van der Waals surface area contributed by atoms with E-state index in [4.69, 9.17) is 5.11 Å². The fraction of sp³-hybridized carbons (Fsp3) is 1.00. The summed E-state index contributed by atoms with van der Waals surface area (Å²) in [6.45, 7) is 1.19. The lowest BCUT2D eigenvalue weighted by atomic mass is 10.2. The van der Waals surface area contributed by atoms with Crippen molar-refractivity contribution in [1.82, 2.24) is 0 Å². The molecule has 0 aromatic rings. The van der Waals surface area contributed by atoms with Gasteiger partial charge in [-0.05, 0) is 0 Å². The summed E-state index contributed by atoms with van der Waals surface area (Å²) in [5, 5.41) is 8.09. The van der Waals surface area contributed by atoms with Crippen molar-refractivity contribution >= 4 is 0 Å². The average Bonchev–Trinajstić information content (AvgIpc) is 1.65. The molecule has 0 saturated heterocycles. The maximum Gasteiger partial charge on any atom is 0.0941 e. The van der Waals surface area contributed by atoms with Crippen molar-refractivity contribution in [2.45, 2.75) is 6.92 Å². The predicted octanol–water partition coefficient (Wildman–Crippen LogP) is 0.584. The van der Waals surface area contributed by atoms with Crippen LogP contribution < -0.4 is 0 Å². The van der Waals surface area contributed by atoms with Crippen molar-refractivity contribution in [3.63, 3.8) is 0 Å². The van der Waals surface area contributed by atoms with E-state index >= 15 is 0 Å². The first-order chi connectivity index (χ1) is 2.81. The minimum absolute atomic E-state index is 0.0451. The second-order valence-corrected chi connectivity index (χ2v) is 1.44. The standard InChI is InChI=1S/C4H9FO/c1-4(2-5)3-6/h4,6H,2-3H2,1H3/t4-/m0/s1. The molecule has 1 N–H and O–H groups in total. The van der Waals surface area contributed by atoms with Crippen LogP contribution in [0.3, 0.4) is 0 Å². The van der Waals surface area contributed by atoms with Crippen LogP contribution in [0.15, 0.2) is 0 Å². The van der Waals surface area contributed by atoms with Crippen LogP contribution in [0.4, 0.5) is 4.39 Å². The minimum Gasteiger partial charge on any atom is -0.396 e. The summed E-state index contributed by atoms with van der Waals surface area (Å²) < 4.78 is 11.2. The van der Waals surface area contributed by atoms with Crippen molar-refractivity contribution in [1.29, 1.82) is 0 Å². The molecule has 1 atom stereocenters. The van der Waals surface area contributed by atoms with E-state index in [9.17, 15) is 4.39 Å². The molecular weight excluding hydrogens is 83.0 g/mol. The van der Waals surface area contributed by atoms with Gasteiger partial charge in [-0.15, -0.1) is 0 Å². The van der Waals surface area contributed by atoms with Gasteiger partial charge in [0.25, 0.3) is 0 Å². The number of rotatable bonds is 2. The highest BCUT2D eigenvalue weighted by atomic mass is 19.1. The normalized spacial score (nSPS) is 14.5. The summed E-state index contributed by atoms with van der Waals surface area (Å²) in [6.07, 6.45) is 0. The van der Waals surface area contributed by atoms with E-state index in [1.165, 1.54) is 0 Å². The average molecular weight is 92.1 g/mol. The van der Waals surface area contributed by atoms with Gasteiger partial charge in [0.1, 0.15) is 0 Å². The second kappa shape index (κ2) is 3.09. The molecule has 0 aliphatic rings. The summed E-state index contributed by atoms with van der Waals surface area (Å²) in [7, 11) is 0. The Hall–Kier alpha value is -0.110. The second-order valence-electron chi connectivity index (χ2n) is 1.44. The molecule has 38 valence electrons. The number of hydrogen-bond donors (Lipinski definition) is 1. The van der Waals surface area contributed by atoms with E-state index in [1.54, 1.807) is 6.92 Å².